The molecule has 0 aliphatic carbocycles. The van der Waals surface area contributed by atoms with Crippen LogP contribution < -0.4 is 9.47 Å². The average Bonchev–Trinajstić information content (AvgIpc) is 2.36. The Labute approximate surface area is 119 Å². The SMILES string of the molecule is COC(=O)Cc1cc(C(F)(F)F)c(OC(F)(F)F)nc1OC. The maximum Gasteiger partial charge on any atom is 0.574 e. The predicted octanol–water partition coefficient (Wildman–Crippen LogP) is 2.72. The number of carbonyl (C=O) groups is 1. The van der Waals surface area contributed by atoms with E-state index >= 15 is 0 Å². The molecule has 22 heavy (non-hydrogen) atoms. The molecule has 0 aliphatic heterocycles. The first-order chi connectivity index (χ1) is 9.97. The zero-order valence-electron chi connectivity index (χ0n) is 11.1. The van der Waals surface area contributed by atoms with Gasteiger partial charge in [0.1, 0.15) is 5.56 Å². The fourth-order valence-corrected chi connectivity index (χ4v) is 1.44. The Hall–Kier alpha value is -2.20. The van der Waals surface area contributed by atoms with Gasteiger partial charge in [-0.15, -0.1) is 13.2 Å². The van der Waals surface area contributed by atoms with E-state index in [1.54, 1.807) is 0 Å². The molecule has 0 aliphatic rings. The van der Waals surface area contributed by atoms with Gasteiger partial charge in [-0.3, -0.25) is 4.79 Å². The maximum absolute atomic E-state index is 12.8. The number of ether oxygens (including phenoxy) is 3. The standard InChI is InChI=1S/C11H9F6NO4/c1-20-7(19)4-5-3-6(10(12,13)14)9(18-8(5)21-2)22-11(15,16)17/h3H,4H2,1-2H3. The maximum atomic E-state index is 12.8. The molecular weight excluding hydrogens is 324 g/mol. The average molecular weight is 333 g/mol. The molecule has 0 bridgehead atoms. The molecule has 124 valence electrons. The number of rotatable bonds is 4. The van der Waals surface area contributed by atoms with E-state index in [9.17, 15) is 31.1 Å². The van der Waals surface area contributed by atoms with Crippen LogP contribution in [0.2, 0.25) is 0 Å². The molecule has 1 aromatic heterocycles. The van der Waals surface area contributed by atoms with Crippen LogP contribution in [0.3, 0.4) is 0 Å². The Kier molecular flexibility index (Phi) is 5.09. The summed E-state index contributed by atoms with van der Waals surface area (Å²) in [4.78, 5) is 14.2. The van der Waals surface area contributed by atoms with E-state index < -0.39 is 47.8 Å². The van der Waals surface area contributed by atoms with Crippen LogP contribution in [0.4, 0.5) is 26.3 Å². The second-order valence-corrected chi connectivity index (χ2v) is 3.81. The smallest absolute Gasteiger partial charge is 0.481 e. The van der Waals surface area contributed by atoms with Gasteiger partial charge in [-0.1, -0.05) is 0 Å². The third-order valence-corrected chi connectivity index (χ3v) is 2.30. The van der Waals surface area contributed by atoms with Crippen LogP contribution >= 0.6 is 0 Å². The van der Waals surface area contributed by atoms with E-state index in [-0.39, 0.29) is 0 Å². The van der Waals surface area contributed by atoms with Gasteiger partial charge in [-0.05, 0) is 6.07 Å². The van der Waals surface area contributed by atoms with E-state index in [0.717, 1.165) is 14.2 Å². The molecule has 0 radical (unpaired) electrons. The minimum Gasteiger partial charge on any atom is -0.481 e. The van der Waals surface area contributed by atoms with Crippen LogP contribution in [-0.2, 0) is 22.1 Å². The number of halogens is 6. The van der Waals surface area contributed by atoms with Crippen LogP contribution in [-0.4, -0.2) is 31.5 Å². The molecule has 0 saturated carbocycles. The predicted molar refractivity (Wildman–Crippen MR) is 58.2 cm³/mol. The van der Waals surface area contributed by atoms with E-state index in [2.05, 4.69) is 19.2 Å². The third kappa shape index (κ3) is 4.67. The lowest BCUT2D eigenvalue weighted by Gasteiger charge is -2.17. The summed E-state index contributed by atoms with van der Waals surface area (Å²) in [5.41, 5.74) is -2.18. The van der Waals surface area contributed by atoms with Crippen LogP contribution in [0.25, 0.3) is 0 Å². The largest absolute Gasteiger partial charge is 0.574 e. The van der Waals surface area contributed by atoms with Gasteiger partial charge in [0.2, 0.25) is 11.8 Å². The number of hydrogen-bond donors (Lipinski definition) is 0. The van der Waals surface area contributed by atoms with Crippen molar-refractivity contribution in [3.05, 3.63) is 17.2 Å². The summed E-state index contributed by atoms with van der Waals surface area (Å²) in [5, 5.41) is 0. The summed E-state index contributed by atoms with van der Waals surface area (Å²) in [6.45, 7) is 0. The van der Waals surface area contributed by atoms with Crippen molar-refractivity contribution in [2.45, 2.75) is 19.0 Å². The molecule has 0 amide bonds. The van der Waals surface area contributed by atoms with Crippen molar-refractivity contribution in [3.63, 3.8) is 0 Å². The lowest BCUT2D eigenvalue weighted by molar-refractivity contribution is -0.278. The van der Waals surface area contributed by atoms with Gasteiger partial charge in [-0.25, -0.2) is 0 Å². The van der Waals surface area contributed by atoms with Crippen molar-refractivity contribution in [3.8, 4) is 11.8 Å². The molecule has 0 spiro atoms. The summed E-state index contributed by atoms with van der Waals surface area (Å²) in [5.74, 6) is -3.25. The topological polar surface area (TPSA) is 57.7 Å². The van der Waals surface area contributed by atoms with Crippen molar-refractivity contribution in [1.82, 2.24) is 4.98 Å². The Morgan fingerprint density at radius 3 is 2.14 bits per heavy atom. The Morgan fingerprint density at radius 2 is 1.73 bits per heavy atom. The van der Waals surface area contributed by atoms with Gasteiger partial charge in [0, 0.05) is 5.56 Å². The zero-order valence-corrected chi connectivity index (χ0v) is 11.1. The zero-order chi connectivity index (χ0) is 17.1. The number of methoxy groups -OCH3 is 2. The van der Waals surface area contributed by atoms with E-state index in [0.29, 0.717) is 6.07 Å². The van der Waals surface area contributed by atoms with Crippen molar-refractivity contribution in [1.29, 1.82) is 0 Å². The normalized spacial score (nSPS) is 12.0. The van der Waals surface area contributed by atoms with E-state index in [1.165, 1.54) is 0 Å². The molecule has 11 heteroatoms. The minimum absolute atomic E-state index is 0.295. The van der Waals surface area contributed by atoms with Crippen LogP contribution in [0.1, 0.15) is 11.1 Å². The molecule has 0 saturated heterocycles. The van der Waals surface area contributed by atoms with Gasteiger partial charge in [-0.2, -0.15) is 18.2 Å². The van der Waals surface area contributed by atoms with E-state index in [4.69, 9.17) is 0 Å². The number of esters is 1. The number of pyridine rings is 1. The quantitative estimate of drug-likeness (QED) is 0.626. The number of aromatic nitrogens is 1. The molecular formula is C11H9F6NO4. The Morgan fingerprint density at radius 1 is 1.14 bits per heavy atom. The van der Waals surface area contributed by atoms with Gasteiger partial charge < -0.3 is 14.2 Å². The molecule has 0 N–H and O–H groups in total. The highest BCUT2D eigenvalue weighted by Gasteiger charge is 2.41. The second kappa shape index (κ2) is 6.28. The summed E-state index contributed by atoms with van der Waals surface area (Å²) < 4.78 is 87.1. The second-order valence-electron chi connectivity index (χ2n) is 3.81. The van der Waals surface area contributed by atoms with Crippen LogP contribution in [0.5, 0.6) is 11.8 Å². The molecule has 0 atom stereocenters. The minimum atomic E-state index is -5.37. The summed E-state index contributed by atoms with van der Waals surface area (Å²) in [7, 11) is 1.96. The first-order valence-electron chi connectivity index (χ1n) is 5.45. The van der Waals surface area contributed by atoms with Gasteiger partial charge in [0.25, 0.3) is 0 Å². The Bertz CT molecular complexity index is 555. The first-order valence-corrected chi connectivity index (χ1v) is 5.45. The van der Waals surface area contributed by atoms with Gasteiger partial charge in [0.15, 0.2) is 0 Å². The first kappa shape index (κ1) is 17.9. The molecule has 0 aromatic carbocycles. The molecule has 1 aromatic rings. The summed E-state index contributed by atoms with van der Waals surface area (Å²) in [6.07, 6.45) is -11.2. The molecule has 0 unspecified atom stereocenters. The highest BCUT2D eigenvalue weighted by molar-refractivity contribution is 5.73. The molecule has 5 nitrogen and oxygen atoms in total. The third-order valence-electron chi connectivity index (χ3n) is 2.30. The number of alkyl halides is 6. The summed E-state index contributed by atoms with van der Waals surface area (Å²) in [6, 6.07) is 0.295. The molecule has 1 rings (SSSR count). The molecule has 1 heterocycles. The van der Waals surface area contributed by atoms with Crippen molar-refractivity contribution < 1.29 is 45.3 Å². The number of hydrogen-bond acceptors (Lipinski definition) is 5. The number of nitrogens with zero attached hydrogens (tertiary/aromatic N) is 1. The lowest BCUT2D eigenvalue weighted by Crippen LogP contribution is -2.22. The van der Waals surface area contributed by atoms with Crippen molar-refractivity contribution in [2.75, 3.05) is 14.2 Å². The van der Waals surface area contributed by atoms with Gasteiger partial charge >= 0.3 is 18.5 Å². The highest BCUT2D eigenvalue weighted by Crippen LogP contribution is 2.39. The van der Waals surface area contributed by atoms with Crippen molar-refractivity contribution in [2.24, 2.45) is 0 Å². The summed E-state index contributed by atoms with van der Waals surface area (Å²) >= 11 is 0. The van der Waals surface area contributed by atoms with Gasteiger partial charge in [0.05, 0.1) is 20.6 Å². The van der Waals surface area contributed by atoms with Crippen LogP contribution in [0, 0.1) is 0 Å². The number of carbonyl (C=O) groups excluding carboxylic acids is 1. The lowest BCUT2D eigenvalue weighted by atomic mass is 10.1. The van der Waals surface area contributed by atoms with Crippen molar-refractivity contribution >= 4 is 5.97 Å². The fourth-order valence-electron chi connectivity index (χ4n) is 1.44. The van der Waals surface area contributed by atoms with Crippen LogP contribution in [0.15, 0.2) is 6.07 Å². The monoisotopic (exact) mass is 333 g/mol. The van der Waals surface area contributed by atoms with E-state index in [1.807, 2.05) is 0 Å². The fraction of sp³-hybridized carbons (Fsp3) is 0.455. The Balaban J connectivity index is 3.42. The highest BCUT2D eigenvalue weighted by atomic mass is 19.4. The molecule has 0 fully saturated rings.